The van der Waals surface area contributed by atoms with Crippen LogP contribution >= 0.6 is 23.1 Å². The maximum Gasteiger partial charge on any atom is 0.190 e. The van der Waals surface area contributed by atoms with Gasteiger partial charge in [-0.15, -0.1) is 11.3 Å². The third-order valence-electron chi connectivity index (χ3n) is 6.25. The molecule has 9 heteroatoms. The maximum absolute atomic E-state index is 6.20. The normalized spacial score (nSPS) is 15.1. The number of nitrogens with two attached hydrogens (primary N) is 1. The van der Waals surface area contributed by atoms with Crippen molar-refractivity contribution in [1.82, 2.24) is 19.9 Å². The number of thiazole rings is 1. The van der Waals surface area contributed by atoms with Crippen molar-refractivity contribution in [3.05, 3.63) is 40.5 Å². The van der Waals surface area contributed by atoms with Crippen molar-refractivity contribution in [3.8, 4) is 22.1 Å². The van der Waals surface area contributed by atoms with Crippen LogP contribution in [0.2, 0.25) is 0 Å². The van der Waals surface area contributed by atoms with Gasteiger partial charge >= 0.3 is 0 Å². The number of ether oxygens (including phenoxy) is 2. The van der Waals surface area contributed by atoms with Crippen molar-refractivity contribution in [1.29, 1.82) is 0 Å². The molecule has 1 aliphatic rings. The highest BCUT2D eigenvalue weighted by molar-refractivity contribution is 7.99. The largest absolute Gasteiger partial charge is 0.493 e. The van der Waals surface area contributed by atoms with E-state index in [9.17, 15) is 0 Å². The van der Waals surface area contributed by atoms with Gasteiger partial charge in [-0.3, -0.25) is 4.90 Å². The standard InChI is InChI=1S/C27H37N5O2S2/c1-5-9-23-25(19(3)35-27-29-18(2)16-24(28)30-27)31-26(36-23)20-10-11-21(33-4)22(17-20)34-15-14-32-12-7-6-8-13-32/h10-11,16-17,19H,5-9,12-15H2,1-4H3,(H2,28,29,30)/t19-/m1/s1. The van der Waals surface area contributed by atoms with Gasteiger partial charge in [0.2, 0.25) is 0 Å². The molecule has 1 aliphatic heterocycles. The summed E-state index contributed by atoms with van der Waals surface area (Å²) in [7, 11) is 1.69. The monoisotopic (exact) mass is 527 g/mol. The van der Waals surface area contributed by atoms with E-state index in [-0.39, 0.29) is 5.25 Å². The molecule has 0 aliphatic carbocycles. The Hall–Kier alpha value is -2.36. The zero-order valence-corrected chi connectivity index (χ0v) is 23.4. The maximum atomic E-state index is 6.20. The van der Waals surface area contributed by atoms with E-state index in [2.05, 4.69) is 40.8 Å². The van der Waals surface area contributed by atoms with E-state index < -0.39 is 0 Å². The van der Waals surface area contributed by atoms with Gasteiger partial charge in [-0.25, -0.2) is 15.0 Å². The Morgan fingerprint density at radius 1 is 1.11 bits per heavy atom. The van der Waals surface area contributed by atoms with Gasteiger partial charge in [0.15, 0.2) is 16.7 Å². The summed E-state index contributed by atoms with van der Waals surface area (Å²) < 4.78 is 11.8. The number of hydrogen-bond acceptors (Lipinski definition) is 9. The Bertz CT molecular complexity index is 1130. The Labute approximate surface area is 222 Å². The van der Waals surface area contributed by atoms with Gasteiger partial charge < -0.3 is 15.2 Å². The first-order valence-electron chi connectivity index (χ1n) is 12.8. The summed E-state index contributed by atoms with van der Waals surface area (Å²) in [5.74, 6) is 2.02. The molecule has 4 rings (SSSR count). The van der Waals surface area contributed by atoms with Crippen LogP contribution in [-0.2, 0) is 6.42 Å². The molecule has 2 N–H and O–H groups in total. The Morgan fingerprint density at radius 3 is 2.64 bits per heavy atom. The topological polar surface area (TPSA) is 86.4 Å². The fourth-order valence-electron chi connectivity index (χ4n) is 4.43. The summed E-state index contributed by atoms with van der Waals surface area (Å²) in [5.41, 5.74) is 8.95. The minimum absolute atomic E-state index is 0.108. The van der Waals surface area contributed by atoms with Gasteiger partial charge in [-0.05, 0) is 64.4 Å². The van der Waals surface area contributed by atoms with Gasteiger partial charge in [-0.1, -0.05) is 31.5 Å². The second kappa shape index (κ2) is 12.7. The minimum atomic E-state index is 0.108. The van der Waals surface area contributed by atoms with E-state index in [4.69, 9.17) is 20.2 Å². The zero-order valence-electron chi connectivity index (χ0n) is 21.7. The first-order chi connectivity index (χ1) is 17.5. The van der Waals surface area contributed by atoms with Gasteiger partial charge in [0.05, 0.1) is 18.1 Å². The van der Waals surface area contributed by atoms with E-state index in [1.165, 1.54) is 37.2 Å². The van der Waals surface area contributed by atoms with E-state index >= 15 is 0 Å². The molecule has 0 bridgehead atoms. The molecule has 36 heavy (non-hydrogen) atoms. The smallest absolute Gasteiger partial charge is 0.190 e. The highest BCUT2D eigenvalue weighted by atomic mass is 32.2. The summed E-state index contributed by atoms with van der Waals surface area (Å²) in [6, 6.07) is 7.90. The third kappa shape index (κ3) is 6.89. The van der Waals surface area contributed by atoms with Crippen molar-refractivity contribution in [2.75, 3.05) is 39.1 Å². The molecule has 3 aromatic rings. The van der Waals surface area contributed by atoms with Gasteiger partial charge in [0.25, 0.3) is 0 Å². The lowest BCUT2D eigenvalue weighted by Gasteiger charge is -2.26. The van der Waals surface area contributed by atoms with Gasteiger partial charge in [0, 0.05) is 28.7 Å². The molecule has 194 valence electrons. The van der Waals surface area contributed by atoms with E-state index in [1.807, 2.05) is 13.0 Å². The molecule has 7 nitrogen and oxygen atoms in total. The SMILES string of the molecule is CCCc1sc(-c2ccc(OC)c(OCCN3CCCCC3)c2)nc1[C@@H](C)Sc1nc(C)cc(N)n1. The van der Waals surface area contributed by atoms with Crippen LogP contribution in [0.25, 0.3) is 10.6 Å². The molecule has 0 radical (unpaired) electrons. The van der Waals surface area contributed by atoms with Crippen molar-refractivity contribution in [2.45, 2.75) is 63.3 Å². The van der Waals surface area contributed by atoms with Crippen LogP contribution in [0.1, 0.15) is 61.0 Å². The van der Waals surface area contributed by atoms with Gasteiger partial charge in [-0.2, -0.15) is 0 Å². The number of nitrogens with zero attached hydrogens (tertiary/aromatic N) is 4. The molecular formula is C27H37N5O2S2. The molecule has 1 fully saturated rings. The van der Waals surface area contributed by atoms with Crippen LogP contribution in [0.4, 0.5) is 5.82 Å². The Kier molecular flexibility index (Phi) is 9.45. The summed E-state index contributed by atoms with van der Waals surface area (Å²) in [6.07, 6.45) is 5.96. The van der Waals surface area contributed by atoms with E-state index in [1.54, 1.807) is 36.3 Å². The van der Waals surface area contributed by atoms with Crippen LogP contribution in [0.5, 0.6) is 11.5 Å². The first kappa shape index (κ1) is 26.7. The van der Waals surface area contributed by atoms with E-state index in [0.29, 0.717) is 17.6 Å². The Morgan fingerprint density at radius 2 is 1.92 bits per heavy atom. The van der Waals surface area contributed by atoms with Crippen molar-refractivity contribution >= 4 is 28.9 Å². The van der Waals surface area contributed by atoms with Crippen LogP contribution in [-0.4, -0.2) is 53.2 Å². The molecule has 1 saturated heterocycles. The lowest BCUT2D eigenvalue weighted by atomic mass is 10.1. The molecule has 0 unspecified atom stereocenters. The minimum Gasteiger partial charge on any atom is -0.493 e. The van der Waals surface area contributed by atoms with Crippen LogP contribution in [0.3, 0.4) is 0 Å². The van der Waals surface area contributed by atoms with Crippen LogP contribution in [0.15, 0.2) is 29.4 Å². The second-order valence-electron chi connectivity index (χ2n) is 9.17. The predicted molar refractivity (Wildman–Crippen MR) is 149 cm³/mol. The molecule has 0 amide bonds. The number of likely N-dealkylation sites (tertiary alicyclic amines) is 1. The molecule has 0 spiro atoms. The quantitative estimate of drug-likeness (QED) is 0.234. The number of methoxy groups -OCH3 is 1. The molecule has 3 heterocycles. The van der Waals surface area contributed by atoms with Gasteiger partial charge in [0.1, 0.15) is 17.4 Å². The highest BCUT2D eigenvalue weighted by Gasteiger charge is 2.21. The van der Waals surface area contributed by atoms with Crippen LogP contribution < -0.4 is 15.2 Å². The number of hydrogen-bond donors (Lipinski definition) is 1. The molecule has 1 aromatic carbocycles. The fourth-order valence-corrected chi connectivity index (χ4v) is 6.74. The summed E-state index contributed by atoms with van der Waals surface area (Å²) in [4.78, 5) is 17.8. The van der Waals surface area contributed by atoms with Crippen LogP contribution in [0, 0.1) is 6.92 Å². The number of rotatable bonds is 11. The summed E-state index contributed by atoms with van der Waals surface area (Å²) in [5, 5.41) is 1.79. The molecule has 0 saturated carbocycles. The lowest BCUT2D eigenvalue weighted by Crippen LogP contribution is -2.33. The molecule has 1 atom stereocenters. The van der Waals surface area contributed by atoms with E-state index in [0.717, 1.165) is 52.8 Å². The summed E-state index contributed by atoms with van der Waals surface area (Å²) in [6.45, 7) is 10.2. The van der Waals surface area contributed by atoms with Crippen molar-refractivity contribution in [2.24, 2.45) is 0 Å². The number of nitrogen functional groups attached to an aromatic ring is 1. The number of aryl methyl sites for hydroxylation is 2. The number of anilines is 1. The average molecular weight is 528 g/mol. The number of aromatic nitrogens is 3. The zero-order chi connectivity index (χ0) is 25.5. The van der Waals surface area contributed by atoms with Crippen molar-refractivity contribution < 1.29 is 9.47 Å². The average Bonchev–Trinajstić information content (AvgIpc) is 3.28. The molecular weight excluding hydrogens is 490 g/mol. The number of benzene rings is 1. The fraction of sp³-hybridized carbons (Fsp3) is 0.519. The van der Waals surface area contributed by atoms with Crippen molar-refractivity contribution in [3.63, 3.8) is 0 Å². The lowest BCUT2D eigenvalue weighted by molar-refractivity contribution is 0.180. The Balaban J connectivity index is 1.53. The summed E-state index contributed by atoms with van der Waals surface area (Å²) >= 11 is 3.36. The third-order valence-corrected chi connectivity index (χ3v) is 8.40. The predicted octanol–water partition coefficient (Wildman–Crippen LogP) is 6.17. The molecule has 2 aromatic heterocycles. The first-order valence-corrected chi connectivity index (χ1v) is 14.5. The number of piperidine rings is 1. The highest BCUT2D eigenvalue weighted by Crippen LogP contribution is 2.41. The number of thioether (sulfide) groups is 1. The second-order valence-corrected chi connectivity index (χ2v) is 11.6.